The maximum Gasteiger partial charge on any atom is 0.224 e. The van der Waals surface area contributed by atoms with Gasteiger partial charge in [-0.2, -0.15) is 0 Å². The molecule has 0 spiro atoms. The molecule has 1 aromatic carbocycles. The first-order valence-corrected chi connectivity index (χ1v) is 7.39. The number of benzene rings is 1. The third-order valence-corrected chi connectivity index (χ3v) is 3.17. The molecule has 0 saturated heterocycles. The highest BCUT2D eigenvalue weighted by Gasteiger charge is 2.10. The minimum Gasteiger partial charge on any atom is -0.496 e. The zero-order valence-corrected chi connectivity index (χ0v) is 13.8. The van der Waals surface area contributed by atoms with Gasteiger partial charge in [-0.3, -0.25) is 4.79 Å². The lowest BCUT2D eigenvalue weighted by Gasteiger charge is -2.12. The lowest BCUT2D eigenvalue weighted by molar-refractivity contribution is -0.124. The molecule has 0 bridgehead atoms. The van der Waals surface area contributed by atoms with Gasteiger partial charge in [0.15, 0.2) is 0 Å². The third kappa shape index (κ3) is 6.22. The monoisotopic (exact) mass is 310 g/mol. The highest BCUT2D eigenvalue weighted by Crippen LogP contribution is 2.27. The van der Waals surface area contributed by atoms with E-state index in [9.17, 15) is 4.79 Å². The lowest BCUT2D eigenvalue weighted by Crippen LogP contribution is -2.35. The first-order valence-electron chi connectivity index (χ1n) is 7.39. The summed E-state index contributed by atoms with van der Waals surface area (Å²) in [7, 11) is 5.03. The number of carbonyl (C=O) groups excluding carboxylic acids is 1. The molecule has 0 aliphatic heterocycles. The van der Waals surface area contributed by atoms with E-state index in [4.69, 9.17) is 14.2 Å². The van der Waals surface area contributed by atoms with Gasteiger partial charge in [0.05, 0.1) is 20.8 Å². The molecule has 0 aliphatic rings. The molecule has 1 unspecified atom stereocenters. The summed E-state index contributed by atoms with van der Waals surface area (Å²) >= 11 is 0. The van der Waals surface area contributed by atoms with E-state index in [1.807, 2.05) is 14.0 Å². The topological polar surface area (TPSA) is 68.8 Å². The Morgan fingerprint density at radius 3 is 2.27 bits per heavy atom. The maximum atomic E-state index is 11.7. The van der Waals surface area contributed by atoms with Crippen LogP contribution in [0.2, 0.25) is 0 Å². The quantitative estimate of drug-likeness (QED) is 0.640. The van der Waals surface area contributed by atoms with Gasteiger partial charge in [0.1, 0.15) is 17.2 Å². The number of rotatable bonds is 10. The van der Waals surface area contributed by atoms with Gasteiger partial charge in [-0.05, 0) is 13.5 Å². The number of hydrogen-bond acceptors (Lipinski definition) is 5. The maximum absolute atomic E-state index is 11.7. The molecule has 6 heteroatoms. The van der Waals surface area contributed by atoms with Crippen LogP contribution in [0.1, 0.15) is 13.3 Å². The summed E-state index contributed by atoms with van der Waals surface area (Å²) in [4.78, 5) is 11.7. The molecule has 1 amide bonds. The number of carbonyl (C=O) groups is 1. The first-order chi connectivity index (χ1) is 10.6. The predicted molar refractivity (Wildman–Crippen MR) is 85.8 cm³/mol. The first kappa shape index (κ1) is 18.1. The van der Waals surface area contributed by atoms with Crippen molar-refractivity contribution in [2.45, 2.75) is 13.3 Å². The Morgan fingerprint density at radius 1 is 1.14 bits per heavy atom. The van der Waals surface area contributed by atoms with Crippen LogP contribution in [0.3, 0.4) is 0 Å². The van der Waals surface area contributed by atoms with Crippen LogP contribution in [0.4, 0.5) is 0 Å². The van der Waals surface area contributed by atoms with Gasteiger partial charge in [-0.15, -0.1) is 0 Å². The van der Waals surface area contributed by atoms with E-state index < -0.39 is 0 Å². The molecule has 124 valence electrons. The van der Waals surface area contributed by atoms with Crippen molar-refractivity contribution < 1.29 is 19.0 Å². The van der Waals surface area contributed by atoms with Gasteiger partial charge in [0, 0.05) is 37.2 Å². The van der Waals surface area contributed by atoms with Crippen molar-refractivity contribution in [1.29, 1.82) is 0 Å². The molecular weight excluding hydrogens is 284 g/mol. The highest BCUT2D eigenvalue weighted by atomic mass is 16.5. The van der Waals surface area contributed by atoms with Crippen LogP contribution >= 0.6 is 0 Å². The summed E-state index contributed by atoms with van der Waals surface area (Å²) in [6.45, 7) is 3.67. The van der Waals surface area contributed by atoms with Gasteiger partial charge >= 0.3 is 0 Å². The molecule has 0 heterocycles. The molecule has 0 saturated carbocycles. The highest BCUT2D eigenvalue weighted by molar-refractivity contribution is 5.78. The van der Waals surface area contributed by atoms with E-state index in [0.29, 0.717) is 36.9 Å². The van der Waals surface area contributed by atoms with Crippen molar-refractivity contribution in [2.24, 2.45) is 5.92 Å². The summed E-state index contributed by atoms with van der Waals surface area (Å²) in [6, 6.07) is 5.39. The van der Waals surface area contributed by atoms with Gasteiger partial charge in [0.25, 0.3) is 0 Å². The normalized spacial score (nSPS) is 11.6. The van der Waals surface area contributed by atoms with Crippen LogP contribution in [0, 0.1) is 5.92 Å². The molecule has 0 radical (unpaired) electrons. The van der Waals surface area contributed by atoms with E-state index >= 15 is 0 Å². The number of hydrogen-bond donors (Lipinski definition) is 2. The molecule has 2 N–H and O–H groups in total. The van der Waals surface area contributed by atoms with Crippen LogP contribution in [-0.4, -0.2) is 46.9 Å². The zero-order valence-electron chi connectivity index (χ0n) is 13.8. The molecule has 1 atom stereocenters. The van der Waals surface area contributed by atoms with Crippen molar-refractivity contribution in [3.8, 4) is 17.2 Å². The van der Waals surface area contributed by atoms with Gasteiger partial charge in [-0.25, -0.2) is 0 Å². The molecule has 22 heavy (non-hydrogen) atoms. The van der Waals surface area contributed by atoms with E-state index in [1.54, 1.807) is 32.4 Å². The SMILES string of the molecule is CNCC(C)C(=O)NCCCOc1cc(OC)cc(OC)c1. The second-order valence-electron chi connectivity index (χ2n) is 5.00. The van der Waals surface area contributed by atoms with Crippen molar-refractivity contribution >= 4 is 5.91 Å². The molecule has 6 nitrogen and oxygen atoms in total. The van der Waals surface area contributed by atoms with Crippen molar-refractivity contribution in [1.82, 2.24) is 10.6 Å². The Balaban J connectivity index is 2.31. The average Bonchev–Trinajstić information content (AvgIpc) is 2.54. The Hall–Kier alpha value is -1.95. The minimum atomic E-state index is -0.0337. The van der Waals surface area contributed by atoms with E-state index in [2.05, 4.69) is 10.6 Å². The Labute approximate surface area is 132 Å². The number of ether oxygens (including phenoxy) is 3. The summed E-state index contributed by atoms with van der Waals surface area (Å²) in [6.07, 6.45) is 0.734. The summed E-state index contributed by atoms with van der Waals surface area (Å²) in [5.41, 5.74) is 0. The molecule has 0 aliphatic carbocycles. The molecular formula is C16H26N2O4. The largest absolute Gasteiger partial charge is 0.496 e. The average molecular weight is 310 g/mol. The zero-order chi connectivity index (χ0) is 16.4. The smallest absolute Gasteiger partial charge is 0.224 e. The van der Waals surface area contributed by atoms with Crippen molar-refractivity contribution in [3.05, 3.63) is 18.2 Å². The molecule has 1 rings (SSSR count). The number of methoxy groups -OCH3 is 2. The van der Waals surface area contributed by atoms with Crippen LogP contribution in [0.25, 0.3) is 0 Å². The summed E-state index contributed by atoms with van der Waals surface area (Å²) < 4.78 is 16.0. The Bertz CT molecular complexity index is 443. The van der Waals surface area contributed by atoms with Crippen LogP contribution < -0.4 is 24.8 Å². The fourth-order valence-corrected chi connectivity index (χ4v) is 1.91. The Kier molecular flexibility index (Phi) is 8.14. The second-order valence-corrected chi connectivity index (χ2v) is 5.00. The summed E-state index contributed by atoms with van der Waals surface area (Å²) in [5, 5.41) is 5.87. The number of nitrogens with one attached hydrogen (secondary N) is 2. The predicted octanol–water partition coefficient (Wildman–Crippen LogP) is 1.44. The minimum absolute atomic E-state index is 0.0337. The van der Waals surface area contributed by atoms with Crippen LogP contribution in [0.15, 0.2) is 18.2 Å². The van der Waals surface area contributed by atoms with Crippen molar-refractivity contribution in [2.75, 3.05) is 41.0 Å². The van der Waals surface area contributed by atoms with E-state index in [0.717, 1.165) is 6.42 Å². The third-order valence-electron chi connectivity index (χ3n) is 3.17. The second kappa shape index (κ2) is 9.89. The van der Waals surface area contributed by atoms with Crippen LogP contribution in [-0.2, 0) is 4.79 Å². The fourth-order valence-electron chi connectivity index (χ4n) is 1.91. The van der Waals surface area contributed by atoms with Gasteiger partial charge < -0.3 is 24.8 Å². The molecule has 0 aromatic heterocycles. The standard InChI is InChI=1S/C16H26N2O4/c1-12(11-17-2)16(19)18-6-5-7-22-15-9-13(20-3)8-14(10-15)21-4/h8-10,12,17H,5-7,11H2,1-4H3,(H,18,19). The fraction of sp³-hybridized carbons (Fsp3) is 0.562. The molecule has 1 aromatic rings. The van der Waals surface area contributed by atoms with E-state index in [-0.39, 0.29) is 11.8 Å². The van der Waals surface area contributed by atoms with Crippen LogP contribution in [0.5, 0.6) is 17.2 Å². The molecule has 0 fully saturated rings. The van der Waals surface area contributed by atoms with E-state index in [1.165, 1.54) is 0 Å². The Morgan fingerprint density at radius 2 is 1.73 bits per heavy atom. The summed E-state index contributed by atoms with van der Waals surface area (Å²) in [5.74, 6) is 2.07. The van der Waals surface area contributed by atoms with Gasteiger partial charge in [-0.1, -0.05) is 6.92 Å². The lowest BCUT2D eigenvalue weighted by atomic mass is 10.1. The number of amides is 1. The van der Waals surface area contributed by atoms with Gasteiger partial charge in [0.2, 0.25) is 5.91 Å². The van der Waals surface area contributed by atoms with Crippen molar-refractivity contribution in [3.63, 3.8) is 0 Å².